The summed E-state index contributed by atoms with van der Waals surface area (Å²) in [5.74, 6) is -0.717. The molecule has 5 aromatic carbocycles. The molecule has 0 bridgehead atoms. The fourth-order valence-electron chi connectivity index (χ4n) is 9.14. The molecular weight excluding hydrogens is 1050 g/mol. The molecule has 4 amide bonds. The van der Waals surface area contributed by atoms with Crippen LogP contribution in [0.15, 0.2) is 170 Å². The zero-order valence-corrected chi connectivity index (χ0v) is 42.4. The molecule has 0 unspecified atom stereocenters. The molecule has 410 valence electrons. The number of imidazole rings is 2. The highest BCUT2D eigenvalue weighted by Crippen LogP contribution is 2.28. The van der Waals surface area contributed by atoms with Crippen LogP contribution in [0.1, 0.15) is 79.5 Å². The third-order valence-corrected chi connectivity index (χ3v) is 12.9. The summed E-state index contributed by atoms with van der Waals surface area (Å²) in [5, 5.41) is 5.94. The Hall–Kier alpha value is -9.44. The van der Waals surface area contributed by atoms with Crippen molar-refractivity contribution in [3.05, 3.63) is 215 Å². The van der Waals surface area contributed by atoms with Crippen LogP contribution in [-0.4, -0.2) is 83.4 Å². The number of nitrogens with zero attached hydrogens (tertiary/aromatic N) is 7. The van der Waals surface area contributed by atoms with Crippen LogP contribution in [0.5, 0.6) is 11.5 Å². The number of benzene rings is 5. The number of carbonyl (C=O) groups excluding carboxylic acids is 4. The lowest BCUT2D eigenvalue weighted by atomic mass is 10.1. The topological polar surface area (TPSA) is 201 Å². The number of amides is 4. The van der Waals surface area contributed by atoms with E-state index in [2.05, 4.69) is 40.0 Å². The normalized spacial score (nSPS) is 13.1. The average molecular weight is 1100 g/mol. The van der Waals surface area contributed by atoms with E-state index in [1.54, 1.807) is 67.0 Å². The lowest BCUT2D eigenvalue weighted by Crippen LogP contribution is -2.40. The fraction of sp³-hybridized carbons (Fsp3) is 0.207. The summed E-state index contributed by atoms with van der Waals surface area (Å²) < 4.78 is 86.7. The minimum absolute atomic E-state index is 0.0349. The number of aromatic nitrogens is 6. The van der Waals surface area contributed by atoms with Crippen molar-refractivity contribution in [3.8, 4) is 11.5 Å². The molecule has 2 atom stereocenters. The molecule has 0 aliphatic carbocycles. The predicted octanol–water partition coefficient (Wildman–Crippen LogP) is 9.59. The van der Waals surface area contributed by atoms with E-state index in [4.69, 9.17) is 5.73 Å². The van der Waals surface area contributed by atoms with E-state index in [1.165, 1.54) is 36.4 Å². The van der Waals surface area contributed by atoms with E-state index in [1.807, 2.05) is 75.9 Å². The van der Waals surface area contributed by atoms with Crippen molar-refractivity contribution in [2.75, 3.05) is 13.1 Å². The van der Waals surface area contributed by atoms with Crippen LogP contribution in [0.2, 0.25) is 0 Å². The molecule has 4 N–H and O–H groups in total. The van der Waals surface area contributed by atoms with Gasteiger partial charge in [-0.25, -0.2) is 19.9 Å². The highest BCUT2D eigenvalue weighted by Gasteiger charge is 2.37. The summed E-state index contributed by atoms with van der Waals surface area (Å²) >= 11 is 0. The van der Waals surface area contributed by atoms with Gasteiger partial charge in [0.1, 0.15) is 34.2 Å². The summed E-state index contributed by atoms with van der Waals surface area (Å²) in [4.78, 5) is 71.4. The number of pyridine rings is 2. The largest absolute Gasteiger partial charge is 0.573 e. The molecule has 10 rings (SSSR count). The molecule has 0 radical (unpaired) electrons. The molecule has 0 saturated carbocycles. The monoisotopic (exact) mass is 1100 g/mol. The van der Waals surface area contributed by atoms with E-state index in [0.29, 0.717) is 63.6 Å². The SMILES string of the molecule is NC[C@H](NC(=O)CCc1nc2cccnc2n1Cc1ccc(OC(F)(F)F)cc1)c1ccccc1.O=C(CCc1nc2cccnc2n1Cc1ccc(OC(F)(F)F)cc1)N[C@@H](CN1C(=O)c2ccccc2C1=O)c1ccccc1. The number of imide groups is 1. The summed E-state index contributed by atoms with van der Waals surface area (Å²) in [6, 6.07) is 42.5. The molecule has 0 fully saturated rings. The van der Waals surface area contributed by atoms with Crippen molar-refractivity contribution in [2.45, 2.75) is 63.6 Å². The second-order valence-electron chi connectivity index (χ2n) is 18.4. The smallest absolute Gasteiger partial charge is 0.406 e. The van der Waals surface area contributed by atoms with Gasteiger partial charge in [-0.05, 0) is 82.9 Å². The maximum atomic E-state index is 13.3. The average Bonchev–Trinajstić information content (AvgIpc) is 4.15. The number of halogens is 6. The van der Waals surface area contributed by atoms with Gasteiger partial charge in [0.25, 0.3) is 11.8 Å². The van der Waals surface area contributed by atoms with Crippen LogP contribution in [0.25, 0.3) is 22.3 Å². The molecule has 16 nitrogen and oxygen atoms in total. The quantitative estimate of drug-likeness (QED) is 0.0514. The van der Waals surface area contributed by atoms with Gasteiger partial charge in [-0.1, -0.05) is 97.1 Å². The minimum atomic E-state index is -4.79. The second kappa shape index (κ2) is 24.5. The molecule has 5 heterocycles. The number of ether oxygens (including phenoxy) is 2. The lowest BCUT2D eigenvalue weighted by Gasteiger charge is -2.24. The highest BCUT2D eigenvalue weighted by molar-refractivity contribution is 6.21. The van der Waals surface area contributed by atoms with Crippen LogP contribution < -0.4 is 25.8 Å². The number of rotatable bonds is 19. The Balaban J connectivity index is 0.000000200. The number of aryl methyl sites for hydroxylation is 2. The van der Waals surface area contributed by atoms with E-state index in [-0.39, 0.29) is 68.3 Å². The van der Waals surface area contributed by atoms with Crippen molar-refractivity contribution in [3.63, 3.8) is 0 Å². The first-order valence-corrected chi connectivity index (χ1v) is 25.1. The molecule has 0 spiro atoms. The summed E-state index contributed by atoms with van der Waals surface area (Å²) in [6.45, 7) is 0.806. The Morgan fingerprint density at radius 3 is 1.34 bits per heavy atom. The third-order valence-electron chi connectivity index (χ3n) is 12.9. The number of carbonyl (C=O) groups is 4. The number of alkyl halides is 6. The maximum Gasteiger partial charge on any atom is 0.573 e. The van der Waals surface area contributed by atoms with Crippen molar-refractivity contribution in [1.29, 1.82) is 0 Å². The van der Waals surface area contributed by atoms with Gasteiger partial charge < -0.3 is 35.0 Å². The van der Waals surface area contributed by atoms with Crippen LogP contribution in [-0.2, 0) is 35.5 Å². The van der Waals surface area contributed by atoms with Crippen molar-refractivity contribution < 1.29 is 55.0 Å². The zero-order chi connectivity index (χ0) is 56.4. The molecule has 9 aromatic rings. The van der Waals surface area contributed by atoms with Gasteiger partial charge in [-0.15, -0.1) is 26.3 Å². The number of fused-ring (bicyclic) bond motifs is 3. The molecule has 1 aliphatic heterocycles. The Bertz CT molecular complexity index is 3580. The summed E-state index contributed by atoms with van der Waals surface area (Å²) in [5.41, 5.74) is 12.1. The molecule has 80 heavy (non-hydrogen) atoms. The van der Waals surface area contributed by atoms with Crippen molar-refractivity contribution >= 4 is 46.0 Å². The lowest BCUT2D eigenvalue weighted by molar-refractivity contribution is -0.275. The van der Waals surface area contributed by atoms with Crippen molar-refractivity contribution in [2.24, 2.45) is 5.73 Å². The van der Waals surface area contributed by atoms with E-state index in [9.17, 15) is 45.5 Å². The van der Waals surface area contributed by atoms with Gasteiger partial charge in [0.2, 0.25) is 11.8 Å². The fourth-order valence-corrected chi connectivity index (χ4v) is 9.14. The number of hydrogen-bond acceptors (Lipinski definition) is 11. The molecule has 1 aliphatic rings. The number of nitrogens with two attached hydrogens (primary N) is 1. The Labute approximate surface area is 453 Å². The maximum absolute atomic E-state index is 13.3. The van der Waals surface area contributed by atoms with Crippen LogP contribution in [0.4, 0.5) is 26.3 Å². The van der Waals surface area contributed by atoms with Crippen LogP contribution in [0.3, 0.4) is 0 Å². The zero-order valence-electron chi connectivity index (χ0n) is 42.4. The number of hydrogen-bond donors (Lipinski definition) is 3. The predicted molar refractivity (Wildman–Crippen MR) is 282 cm³/mol. The summed E-state index contributed by atoms with van der Waals surface area (Å²) in [7, 11) is 0. The highest BCUT2D eigenvalue weighted by atomic mass is 19.4. The Kier molecular flexibility index (Phi) is 16.9. The minimum Gasteiger partial charge on any atom is -0.406 e. The summed E-state index contributed by atoms with van der Waals surface area (Å²) in [6.07, 6.45) is -5.48. The van der Waals surface area contributed by atoms with Gasteiger partial charge in [0, 0.05) is 44.6 Å². The third kappa shape index (κ3) is 14.0. The Morgan fingerprint density at radius 1 is 0.525 bits per heavy atom. The van der Waals surface area contributed by atoms with Gasteiger partial charge >= 0.3 is 12.7 Å². The molecular formula is C58H50F6N10O6. The van der Waals surface area contributed by atoms with E-state index in [0.717, 1.165) is 21.6 Å². The van der Waals surface area contributed by atoms with Crippen LogP contribution in [0, 0.1) is 0 Å². The van der Waals surface area contributed by atoms with E-state index < -0.39 is 30.6 Å². The Morgan fingerprint density at radius 2 is 0.925 bits per heavy atom. The van der Waals surface area contributed by atoms with Gasteiger partial charge in [0.05, 0.1) is 42.8 Å². The number of nitrogens with one attached hydrogen (secondary N) is 2. The van der Waals surface area contributed by atoms with E-state index >= 15 is 0 Å². The second-order valence-corrected chi connectivity index (χ2v) is 18.4. The van der Waals surface area contributed by atoms with Gasteiger partial charge in [-0.3, -0.25) is 24.1 Å². The first-order chi connectivity index (χ1) is 38.5. The van der Waals surface area contributed by atoms with Gasteiger partial charge in [0.15, 0.2) is 11.3 Å². The molecule has 4 aromatic heterocycles. The standard InChI is InChI=1S/C33H26F3N5O4.C25H24F3N5O2/c34-33(35,36)45-23-14-12-21(13-15-23)19-40-28(38-26-11-6-18-37-30(26)40)16-17-29(42)39-27(22-7-2-1-3-8-22)20-41-31(43)24-9-4-5-10-25(24)32(41)44;26-25(27,28)35-19-10-8-17(9-11-19)16-33-22(31-20-7-4-14-30-24(20)33)12-13-23(34)32-21(15-29)18-5-2-1-3-6-18/h1-15,18,27H,16-17,19-20H2,(H,39,42);1-11,14,21H,12-13,15-16,29H2,(H,32,34)/t27-;21-/m00/s1. The molecule has 0 saturated heterocycles. The van der Waals surface area contributed by atoms with Crippen LogP contribution >= 0.6 is 0 Å². The van der Waals surface area contributed by atoms with Gasteiger partial charge in [-0.2, -0.15) is 0 Å². The molecule has 22 heteroatoms. The first kappa shape index (κ1) is 55.3. The first-order valence-electron chi connectivity index (χ1n) is 25.1. The van der Waals surface area contributed by atoms with Crippen molar-refractivity contribution in [1.82, 2.24) is 44.6 Å².